The molecular formula is C19H23N3O. The van der Waals surface area contributed by atoms with Crippen LogP contribution in [0.3, 0.4) is 0 Å². The summed E-state index contributed by atoms with van der Waals surface area (Å²) >= 11 is 0. The van der Waals surface area contributed by atoms with Crippen LogP contribution in [0.4, 0.5) is 0 Å². The summed E-state index contributed by atoms with van der Waals surface area (Å²) in [5, 5.41) is 4.84. The molecule has 0 unspecified atom stereocenters. The van der Waals surface area contributed by atoms with Gasteiger partial charge in [0.2, 0.25) is 0 Å². The van der Waals surface area contributed by atoms with Crippen LogP contribution in [0.2, 0.25) is 0 Å². The number of aromatic nitrogens is 2. The molecular weight excluding hydrogens is 286 g/mol. The number of nitrogens with zero attached hydrogens (tertiary/aromatic N) is 2. The minimum Gasteiger partial charge on any atom is -0.459 e. The number of nitrogens with one attached hydrogen (secondary N) is 1. The van der Waals surface area contributed by atoms with Crippen molar-refractivity contribution in [1.29, 1.82) is 0 Å². The molecule has 23 heavy (non-hydrogen) atoms. The van der Waals surface area contributed by atoms with Crippen molar-refractivity contribution in [2.45, 2.75) is 39.8 Å². The number of aryl methyl sites for hydroxylation is 1. The molecule has 1 aromatic carbocycles. The number of para-hydroxylation sites is 1. The molecule has 3 rings (SSSR count). The van der Waals surface area contributed by atoms with Gasteiger partial charge in [-0.1, -0.05) is 32.0 Å². The normalized spacial score (nSPS) is 14.3. The third kappa shape index (κ3) is 3.13. The maximum Gasteiger partial charge on any atom is 0.134 e. The molecule has 0 saturated heterocycles. The number of benzene rings is 1. The van der Waals surface area contributed by atoms with E-state index in [1.54, 1.807) is 18.6 Å². The molecule has 1 N–H and O–H groups in total. The van der Waals surface area contributed by atoms with Gasteiger partial charge < -0.3 is 4.42 Å². The summed E-state index contributed by atoms with van der Waals surface area (Å²) in [5.74, 6) is 1.41. The van der Waals surface area contributed by atoms with Crippen LogP contribution in [0.1, 0.15) is 49.9 Å². The first-order chi connectivity index (χ1) is 11.1. The molecule has 3 aromatic rings. The SMILES string of the molecule is Cc1c([C@@H](N[C@H](C)c2cnccn2)C(C)C)oc2ccccc12. The minimum atomic E-state index is 0.101. The number of fused-ring (bicyclic) bond motifs is 1. The summed E-state index contributed by atoms with van der Waals surface area (Å²) < 4.78 is 6.16. The van der Waals surface area contributed by atoms with Crippen molar-refractivity contribution in [1.82, 2.24) is 15.3 Å². The van der Waals surface area contributed by atoms with Gasteiger partial charge in [0.15, 0.2) is 0 Å². The van der Waals surface area contributed by atoms with E-state index >= 15 is 0 Å². The van der Waals surface area contributed by atoms with E-state index in [0.29, 0.717) is 5.92 Å². The van der Waals surface area contributed by atoms with E-state index in [1.807, 2.05) is 12.1 Å². The molecule has 2 atom stereocenters. The number of furan rings is 1. The lowest BCUT2D eigenvalue weighted by molar-refractivity contribution is 0.320. The highest BCUT2D eigenvalue weighted by Gasteiger charge is 2.25. The van der Waals surface area contributed by atoms with Crippen LogP contribution >= 0.6 is 0 Å². The molecule has 4 heteroatoms. The number of hydrogen-bond acceptors (Lipinski definition) is 4. The lowest BCUT2D eigenvalue weighted by Crippen LogP contribution is -2.29. The zero-order valence-electron chi connectivity index (χ0n) is 14.1. The Morgan fingerprint density at radius 2 is 1.87 bits per heavy atom. The van der Waals surface area contributed by atoms with Gasteiger partial charge in [0.25, 0.3) is 0 Å². The molecule has 0 saturated carbocycles. The summed E-state index contributed by atoms with van der Waals surface area (Å²) in [4.78, 5) is 8.55. The van der Waals surface area contributed by atoms with Gasteiger partial charge >= 0.3 is 0 Å². The van der Waals surface area contributed by atoms with Crippen molar-refractivity contribution < 1.29 is 4.42 Å². The molecule has 0 bridgehead atoms. The highest BCUT2D eigenvalue weighted by atomic mass is 16.3. The monoisotopic (exact) mass is 309 g/mol. The third-order valence-corrected chi connectivity index (χ3v) is 4.29. The average molecular weight is 309 g/mol. The van der Waals surface area contributed by atoms with Gasteiger partial charge in [-0.3, -0.25) is 15.3 Å². The Hall–Kier alpha value is -2.20. The van der Waals surface area contributed by atoms with Crippen LogP contribution in [0, 0.1) is 12.8 Å². The van der Waals surface area contributed by atoms with Gasteiger partial charge in [-0.15, -0.1) is 0 Å². The fourth-order valence-electron chi connectivity index (χ4n) is 2.95. The second-order valence-electron chi connectivity index (χ2n) is 6.33. The Balaban J connectivity index is 1.93. The first-order valence-electron chi connectivity index (χ1n) is 8.08. The molecule has 0 aliphatic rings. The van der Waals surface area contributed by atoms with E-state index in [0.717, 1.165) is 17.0 Å². The molecule has 0 aliphatic heterocycles. The van der Waals surface area contributed by atoms with Crippen molar-refractivity contribution in [2.24, 2.45) is 5.92 Å². The van der Waals surface area contributed by atoms with Gasteiger partial charge in [0.05, 0.1) is 11.7 Å². The first kappa shape index (κ1) is 15.7. The third-order valence-electron chi connectivity index (χ3n) is 4.29. The van der Waals surface area contributed by atoms with Crippen molar-refractivity contribution in [3.63, 3.8) is 0 Å². The highest BCUT2D eigenvalue weighted by Crippen LogP contribution is 2.34. The van der Waals surface area contributed by atoms with E-state index < -0.39 is 0 Å². The lowest BCUT2D eigenvalue weighted by atomic mass is 9.97. The van der Waals surface area contributed by atoms with Crippen LogP contribution in [0.5, 0.6) is 0 Å². The van der Waals surface area contributed by atoms with Crippen molar-refractivity contribution in [3.8, 4) is 0 Å². The van der Waals surface area contributed by atoms with E-state index in [9.17, 15) is 0 Å². The Bertz CT molecular complexity index is 780. The zero-order valence-corrected chi connectivity index (χ0v) is 14.1. The summed E-state index contributed by atoms with van der Waals surface area (Å²) in [5.41, 5.74) is 3.09. The molecule has 120 valence electrons. The Morgan fingerprint density at radius 1 is 1.09 bits per heavy atom. The standard InChI is InChI=1S/C19H23N3O/c1-12(2)18(22-14(4)16-11-20-9-10-21-16)19-13(3)15-7-5-6-8-17(15)23-19/h5-12,14,18,22H,1-4H3/t14-,18+/m1/s1. The van der Waals surface area contributed by atoms with E-state index in [1.165, 1.54) is 10.9 Å². The molecule has 2 heterocycles. The van der Waals surface area contributed by atoms with Crippen molar-refractivity contribution in [3.05, 3.63) is 59.9 Å². The van der Waals surface area contributed by atoms with Crippen LogP contribution in [0.25, 0.3) is 11.0 Å². The Labute approximate surface area is 137 Å². The smallest absolute Gasteiger partial charge is 0.134 e. The molecule has 0 radical (unpaired) electrons. The van der Waals surface area contributed by atoms with Crippen molar-refractivity contribution >= 4 is 11.0 Å². The fraction of sp³-hybridized carbons (Fsp3) is 0.368. The van der Waals surface area contributed by atoms with E-state index in [-0.39, 0.29) is 12.1 Å². The number of hydrogen-bond donors (Lipinski definition) is 1. The molecule has 0 aliphatic carbocycles. The number of rotatable bonds is 5. The molecule has 0 fully saturated rings. The van der Waals surface area contributed by atoms with Crippen LogP contribution in [0.15, 0.2) is 47.3 Å². The Morgan fingerprint density at radius 3 is 2.52 bits per heavy atom. The Kier molecular flexibility index (Phi) is 4.44. The maximum atomic E-state index is 6.16. The molecule has 4 nitrogen and oxygen atoms in total. The van der Waals surface area contributed by atoms with Gasteiger partial charge in [-0.05, 0) is 31.4 Å². The predicted molar refractivity (Wildman–Crippen MR) is 92.1 cm³/mol. The topological polar surface area (TPSA) is 51.0 Å². The van der Waals surface area contributed by atoms with Gasteiger partial charge in [0.1, 0.15) is 11.3 Å². The predicted octanol–water partition coefficient (Wildman–Crippen LogP) is 4.58. The minimum absolute atomic E-state index is 0.101. The second-order valence-corrected chi connectivity index (χ2v) is 6.33. The van der Waals surface area contributed by atoms with E-state index in [2.05, 4.69) is 55.1 Å². The van der Waals surface area contributed by atoms with E-state index in [4.69, 9.17) is 4.42 Å². The summed E-state index contributed by atoms with van der Waals surface area (Å²) in [6.45, 7) is 8.64. The molecule has 0 spiro atoms. The van der Waals surface area contributed by atoms with Gasteiger partial charge in [0, 0.05) is 30.0 Å². The molecule has 0 amide bonds. The summed E-state index contributed by atoms with van der Waals surface area (Å²) in [7, 11) is 0. The zero-order chi connectivity index (χ0) is 16.4. The summed E-state index contributed by atoms with van der Waals surface area (Å²) in [6.07, 6.45) is 5.23. The van der Waals surface area contributed by atoms with Crippen LogP contribution in [-0.2, 0) is 0 Å². The first-order valence-corrected chi connectivity index (χ1v) is 8.08. The fourth-order valence-corrected chi connectivity index (χ4v) is 2.95. The van der Waals surface area contributed by atoms with Crippen LogP contribution < -0.4 is 5.32 Å². The quantitative estimate of drug-likeness (QED) is 0.749. The average Bonchev–Trinajstić information content (AvgIpc) is 2.90. The largest absolute Gasteiger partial charge is 0.459 e. The van der Waals surface area contributed by atoms with Gasteiger partial charge in [-0.2, -0.15) is 0 Å². The lowest BCUT2D eigenvalue weighted by Gasteiger charge is -2.25. The molecule has 2 aromatic heterocycles. The van der Waals surface area contributed by atoms with Gasteiger partial charge in [-0.25, -0.2) is 0 Å². The maximum absolute atomic E-state index is 6.16. The highest BCUT2D eigenvalue weighted by molar-refractivity contribution is 5.82. The van der Waals surface area contributed by atoms with Crippen molar-refractivity contribution in [2.75, 3.05) is 0 Å². The van der Waals surface area contributed by atoms with Crippen LogP contribution in [-0.4, -0.2) is 9.97 Å². The second kappa shape index (κ2) is 6.50. The summed E-state index contributed by atoms with van der Waals surface area (Å²) in [6, 6.07) is 8.42.